The standard InChI is InChI=1S/C23H26N2O3/c1-16-5-2-6-19(13-16)23(27)25-11-3-7-17-14-18(9-10-21(17)25)22(26)24-15-20-8-4-12-28-20/h2,5-6,9-10,13-14,20H,3-4,7-8,11-12,15H2,1H3,(H,24,26). The number of benzene rings is 2. The lowest BCUT2D eigenvalue weighted by Gasteiger charge is -2.30. The van der Waals surface area contributed by atoms with Gasteiger partial charge in [0.15, 0.2) is 0 Å². The highest BCUT2D eigenvalue weighted by Crippen LogP contribution is 2.29. The van der Waals surface area contributed by atoms with Gasteiger partial charge in [-0.15, -0.1) is 0 Å². The molecule has 2 aromatic carbocycles. The van der Waals surface area contributed by atoms with Crippen molar-refractivity contribution in [2.75, 3.05) is 24.6 Å². The van der Waals surface area contributed by atoms with Crippen molar-refractivity contribution < 1.29 is 14.3 Å². The zero-order valence-corrected chi connectivity index (χ0v) is 16.2. The van der Waals surface area contributed by atoms with Crippen LogP contribution in [0.1, 0.15) is 51.1 Å². The summed E-state index contributed by atoms with van der Waals surface area (Å²) in [6.45, 7) is 4.02. The molecule has 0 aliphatic carbocycles. The fourth-order valence-electron chi connectivity index (χ4n) is 4.00. The van der Waals surface area contributed by atoms with Crippen molar-refractivity contribution in [1.29, 1.82) is 0 Å². The zero-order valence-electron chi connectivity index (χ0n) is 16.2. The van der Waals surface area contributed by atoms with Crippen molar-refractivity contribution in [2.24, 2.45) is 0 Å². The second-order valence-corrected chi connectivity index (χ2v) is 7.62. The van der Waals surface area contributed by atoms with Gasteiger partial charge in [-0.1, -0.05) is 17.7 Å². The molecule has 0 aromatic heterocycles. The molecule has 4 rings (SSSR count). The van der Waals surface area contributed by atoms with Crippen molar-refractivity contribution in [1.82, 2.24) is 5.32 Å². The molecule has 5 heteroatoms. The fourth-order valence-corrected chi connectivity index (χ4v) is 4.00. The van der Waals surface area contributed by atoms with Crippen LogP contribution in [0, 0.1) is 6.92 Å². The van der Waals surface area contributed by atoms with Crippen LogP contribution < -0.4 is 10.2 Å². The lowest BCUT2D eigenvalue weighted by molar-refractivity contribution is 0.0857. The van der Waals surface area contributed by atoms with E-state index in [-0.39, 0.29) is 17.9 Å². The number of fused-ring (bicyclic) bond motifs is 1. The van der Waals surface area contributed by atoms with E-state index >= 15 is 0 Å². The van der Waals surface area contributed by atoms with Gasteiger partial charge in [0.05, 0.1) is 6.10 Å². The molecule has 2 amide bonds. The average molecular weight is 378 g/mol. The first-order valence-corrected chi connectivity index (χ1v) is 10.0. The van der Waals surface area contributed by atoms with Crippen LogP contribution >= 0.6 is 0 Å². The molecular weight excluding hydrogens is 352 g/mol. The number of hydrogen-bond donors (Lipinski definition) is 1. The summed E-state index contributed by atoms with van der Waals surface area (Å²) >= 11 is 0. The Morgan fingerprint density at radius 2 is 2.04 bits per heavy atom. The van der Waals surface area contributed by atoms with Gasteiger partial charge in [0.2, 0.25) is 0 Å². The Bertz CT molecular complexity index is 887. The van der Waals surface area contributed by atoms with E-state index < -0.39 is 0 Å². The number of nitrogens with one attached hydrogen (secondary N) is 1. The predicted molar refractivity (Wildman–Crippen MR) is 109 cm³/mol. The summed E-state index contributed by atoms with van der Waals surface area (Å²) in [7, 11) is 0. The molecular formula is C23H26N2O3. The number of carbonyl (C=O) groups is 2. The van der Waals surface area contributed by atoms with Crippen molar-refractivity contribution >= 4 is 17.5 Å². The van der Waals surface area contributed by atoms with Crippen molar-refractivity contribution in [2.45, 2.75) is 38.7 Å². The minimum Gasteiger partial charge on any atom is -0.376 e. The Kier molecular flexibility index (Phi) is 5.44. The molecule has 0 radical (unpaired) electrons. The highest BCUT2D eigenvalue weighted by Gasteiger charge is 2.25. The third-order valence-corrected chi connectivity index (χ3v) is 5.48. The Labute approximate surface area is 165 Å². The second kappa shape index (κ2) is 8.15. The maximum Gasteiger partial charge on any atom is 0.258 e. The van der Waals surface area contributed by atoms with Crippen molar-refractivity contribution in [3.63, 3.8) is 0 Å². The smallest absolute Gasteiger partial charge is 0.258 e. The van der Waals surface area contributed by atoms with Crippen LogP contribution in [0.15, 0.2) is 42.5 Å². The van der Waals surface area contributed by atoms with Crippen molar-refractivity contribution in [3.05, 3.63) is 64.7 Å². The van der Waals surface area contributed by atoms with E-state index in [0.717, 1.165) is 49.1 Å². The van der Waals surface area contributed by atoms with E-state index in [1.807, 2.05) is 54.3 Å². The monoisotopic (exact) mass is 378 g/mol. The Hall–Kier alpha value is -2.66. The lowest BCUT2D eigenvalue weighted by atomic mass is 9.98. The van der Waals surface area contributed by atoms with Gasteiger partial charge in [0.25, 0.3) is 11.8 Å². The largest absolute Gasteiger partial charge is 0.376 e. The van der Waals surface area contributed by atoms with Crippen LogP contribution in [0.2, 0.25) is 0 Å². The molecule has 0 bridgehead atoms. The minimum absolute atomic E-state index is 0.0141. The van der Waals surface area contributed by atoms with Gasteiger partial charge >= 0.3 is 0 Å². The Morgan fingerprint density at radius 3 is 2.82 bits per heavy atom. The summed E-state index contributed by atoms with van der Waals surface area (Å²) in [4.78, 5) is 27.4. The molecule has 0 saturated carbocycles. The molecule has 2 aliphatic heterocycles. The van der Waals surface area contributed by atoms with Crippen LogP contribution in [0.4, 0.5) is 5.69 Å². The Morgan fingerprint density at radius 1 is 1.14 bits per heavy atom. The third-order valence-electron chi connectivity index (χ3n) is 5.48. The normalized spacial score (nSPS) is 18.6. The number of nitrogens with zero attached hydrogens (tertiary/aromatic N) is 1. The maximum absolute atomic E-state index is 13.0. The number of ether oxygens (including phenoxy) is 1. The van der Waals surface area contributed by atoms with E-state index in [1.54, 1.807) is 0 Å². The molecule has 2 aromatic rings. The van der Waals surface area contributed by atoms with E-state index in [2.05, 4.69) is 5.32 Å². The summed E-state index contributed by atoms with van der Waals surface area (Å²) in [5.74, 6) is -0.0688. The highest BCUT2D eigenvalue weighted by atomic mass is 16.5. The molecule has 1 atom stereocenters. The average Bonchev–Trinajstić information content (AvgIpc) is 3.24. The SMILES string of the molecule is Cc1cccc(C(=O)N2CCCc3cc(C(=O)NCC4CCCO4)ccc32)c1. The third kappa shape index (κ3) is 3.94. The number of aryl methyl sites for hydroxylation is 2. The number of carbonyl (C=O) groups excluding carboxylic acids is 2. The second-order valence-electron chi connectivity index (χ2n) is 7.62. The highest BCUT2D eigenvalue weighted by molar-refractivity contribution is 6.07. The van der Waals surface area contributed by atoms with Crippen LogP contribution in [0.3, 0.4) is 0 Å². The zero-order chi connectivity index (χ0) is 19.5. The summed E-state index contributed by atoms with van der Waals surface area (Å²) in [6.07, 6.45) is 3.96. The fraction of sp³-hybridized carbons (Fsp3) is 0.391. The first kappa shape index (κ1) is 18.7. The molecule has 5 nitrogen and oxygen atoms in total. The first-order valence-electron chi connectivity index (χ1n) is 10.0. The van der Waals surface area contributed by atoms with Crippen LogP contribution in [0.5, 0.6) is 0 Å². The molecule has 2 heterocycles. The number of anilines is 1. The Balaban J connectivity index is 1.50. The molecule has 0 spiro atoms. The summed E-state index contributed by atoms with van der Waals surface area (Å²) in [5.41, 5.74) is 4.37. The maximum atomic E-state index is 13.0. The van der Waals surface area contributed by atoms with Gasteiger partial charge < -0.3 is 15.0 Å². The molecule has 2 aliphatic rings. The summed E-state index contributed by atoms with van der Waals surface area (Å²) in [6, 6.07) is 13.3. The van der Waals surface area contributed by atoms with Gasteiger partial charge in [0, 0.05) is 36.5 Å². The first-order chi connectivity index (χ1) is 13.6. The molecule has 1 N–H and O–H groups in total. The number of rotatable bonds is 4. The predicted octanol–water partition coefficient (Wildman–Crippen LogP) is 3.50. The van der Waals surface area contributed by atoms with Crippen LogP contribution in [-0.4, -0.2) is 37.6 Å². The molecule has 1 saturated heterocycles. The summed E-state index contributed by atoms with van der Waals surface area (Å²) in [5, 5.41) is 2.97. The van der Waals surface area contributed by atoms with E-state index in [0.29, 0.717) is 24.2 Å². The lowest BCUT2D eigenvalue weighted by Crippen LogP contribution is -2.36. The van der Waals surface area contributed by atoms with E-state index in [9.17, 15) is 9.59 Å². The quantitative estimate of drug-likeness (QED) is 0.886. The topological polar surface area (TPSA) is 58.6 Å². The van der Waals surface area contributed by atoms with Gasteiger partial charge in [-0.05, 0) is 68.5 Å². The van der Waals surface area contributed by atoms with Crippen LogP contribution in [-0.2, 0) is 11.2 Å². The van der Waals surface area contributed by atoms with E-state index in [1.165, 1.54) is 0 Å². The van der Waals surface area contributed by atoms with Gasteiger partial charge in [-0.2, -0.15) is 0 Å². The molecule has 1 unspecified atom stereocenters. The van der Waals surface area contributed by atoms with Gasteiger partial charge in [0.1, 0.15) is 0 Å². The molecule has 1 fully saturated rings. The molecule has 146 valence electrons. The number of amides is 2. The van der Waals surface area contributed by atoms with Crippen LogP contribution in [0.25, 0.3) is 0 Å². The van der Waals surface area contributed by atoms with Gasteiger partial charge in [-0.3, -0.25) is 9.59 Å². The number of hydrogen-bond acceptors (Lipinski definition) is 3. The summed E-state index contributed by atoms with van der Waals surface area (Å²) < 4.78 is 5.56. The van der Waals surface area contributed by atoms with Gasteiger partial charge in [-0.25, -0.2) is 0 Å². The minimum atomic E-state index is -0.0829. The van der Waals surface area contributed by atoms with Crippen molar-refractivity contribution in [3.8, 4) is 0 Å². The van der Waals surface area contributed by atoms with E-state index in [4.69, 9.17) is 4.74 Å². The molecule has 28 heavy (non-hydrogen) atoms.